The second kappa shape index (κ2) is 7.89. The number of anilines is 2. The van der Waals surface area contributed by atoms with E-state index in [0.29, 0.717) is 24.1 Å². The minimum Gasteiger partial charge on any atom is -0.380 e. The zero-order valence-corrected chi connectivity index (χ0v) is 19.0. The number of nitrogens with zero attached hydrogens (tertiary/aromatic N) is 6. The fourth-order valence-corrected chi connectivity index (χ4v) is 5.27. The molecule has 3 aliphatic heterocycles. The third-order valence-electron chi connectivity index (χ3n) is 7.26. The predicted octanol–water partition coefficient (Wildman–Crippen LogP) is 2.54. The molecule has 0 bridgehead atoms. The number of hydrogen-bond donors (Lipinski definition) is 0. The Morgan fingerprint density at radius 3 is 2.44 bits per heavy atom. The Morgan fingerprint density at radius 1 is 1.09 bits per heavy atom. The van der Waals surface area contributed by atoms with E-state index >= 15 is 0 Å². The van der Waals surface area contributed by atoms with E-state index < -0.39 is 0 Å². The van der Waals surface area contributed by atoms with Crippen LogP contribution in [0.1, 0.15) is 5.56 Å². The number of rotatable bonds is 4. The van der Waals surface area contributed by atoms with E-state index in [1.54, 1.807) is 6.20 Å². The lowest BCUT2D eigenvalue weighted by Crippen LogP contribution is -2.66. The molecule has 0 N–H and O–H groups in total. The van der Waals surface area contributed by atoms with E-state index in [4.69, 9.17) is 4.74 Å². The van der Waals surface area contributed by atoms with Gasteiger partial charge in [-0.1, -0.05) is 18.7 Å². The Kier molecular flexibility index (Phi) is 4.82. The zero-order chi connectivity index (χ0) is 23.3. The van der Waals surface area contributed by atoms with E-state index in [9.17, 15) is 10.1 Å². The molecule has 3 saturated heterocycles. The number of carbonyl (C=O) groups is 1. The summed E-state index contributed by atoms with van der Waals surface area (Å²) in [6.45, 7) is 10.2. The summed E-state index contributed by atoms with van der Waals surface area (Å²) in [6, 6.07) is 12.9. The van der Waals surface area contributed by atoms with Gasteiger partial charge in [-0.2, -0.15) is 10.4 Å². The Morgan fingerprint density at radius 2 is 1.82 bits per heavy atom. The summed E-state index contributed by atoms with van der Waals surface area (Å²) in [6.07, 6.45) is 5.04. The quantitative estimate of drug-likeness (QED) is 0.564. The van der Waals surface area contributed by atoms with Crippen molar-refractivity contribution in [3.05, 3.63) is 60.9 Å². The van der Waals surface area contributed by atoms with Crippen LogP contribution in [0.2, 0.25) is 0 Å². The van der Waals surface area contributed by atoms with Gasteiger partial charge in [0.25, 0.3) is 0 Å². The third-order valence-corrected chi connectivity index (χ3v) is 7.26. The van der Waals surface area contributed by atoms with Crippen molar-refractivity contribution in [2.24, 2.45) is 5.41 Å². The molecule has 1 aromatic carbocycles. The third kappa shape index (κ3) is 3.32. The molecule has 8 heteroatoms. The molecule has 0 unspecified atom stereocenters. The van der Waals surface area contributed by atoms with Gasteiger partial charge in [0, 0.05) is 50.5 Å². The summed E-state index contributed by atoms with van der Waals surface area (Å²) in [5, 5.41) is 14.1. The van der Waals surface area contributed by atoms with Gasteiger partial charge in [0.15, 0.2) is 0 Å². The summed E-state index contributed by atoms with van der Waals surface area (Å²) in [5.74, 6) is -0.00837. The van der Waals surface area contributed by atoms with Crippen molar-refractivity contribution in [2.75, 3.05) is 62.3 Å². The lowest BCUT2D eigenvalue weighted by Gasteiger charge is -2.56. The van der Waals surface area contributed by atoms with Gasteiger partial charge >= 0.3 is 0 Å². The number of hydrogen-bond acceptors (Lipinski definition) is 6. The number of amides is 1. The van der Waals surface area contributed by atoms with Crippen molar-refractivity contribution in [2.45, 2.75) is 0 Å². The van der Waals surface area contributed by atoms with Crippen LogP contribution >= 0.6 is 0 Å². The monoisotopic (exact) mass is 454 g/mol. The first kappa shape index (κ1) is 20.8. The average Bonchev–Trinajstić information content (AvgIpc) is 3.25. The lowest BCUT2D eigenvalue weighted by molar-refractivity contribution is -0.127. The van der Waals surface area contributed by atoms with Crippen molar-refractivity contribution in [3.8, 4) is 17.2 Å². The van der Waals surface area contributed by atoms with E-state index in [0.717, 1.165) is 67.4 Å². The van der Waals surface area contributed by atoms with Gasteiger partial charge < -0.3 is 19.4 Å². The topological polar surface area (TPSA) is 77.1 Å². The van der Waals surface area contributed by atoms with E-state index in [1.165, 1.54) is 6.08 Å². The molecule has 0 aliphatic carbocycles. The van der Waals surface area contributed by atoms with Crippen molar-refractivity contribution >= 4 is 22.8 Å². The van der Waals surface area contributed by atoms with Crippen LogP contribution in [-0.2, 0) is 9.53 Å². The fraction of sp³-hybridized carbons (Fsp3) is 0.346. The van der Waals surface area contributed by atoms with Gasteiger partial charge in [-0.3, -0.25) is 4.79 Å². The summed E-state index contributed by atoms with van der Waals surface area (Å²) >= 11 is 0. The first-order valence-electron chi connectivity index (χ1n) is 11.6. The Hall–Kier alpha value is -3.83. The molecule has 8 nitrogen and oxygen atoms in total. The molecule has 34 heavy (non-hydrogen) atoms. The molecule has 1 amide bonds. The van der Waals surface area contributed by atoms with Crippen LogP contribution in [0.5, 0.6) is 0 Å². The molecular formula is C26H26N6O2. The van der Waals surface area contributed by atoms with Gasteiger partial charge in [0.2, 0.25) is 5.91 Å². The number of ether oxygens (including phenoxy) is 1. The number of aromatic nitrogens is 2. The normalized spacial score (nSPS) is 19.0. The molecule has 172 valence electrons. The SMILES string of the molecule is C=CC(=O)N1CCN(c2ccc(-c3cc(N4CC5(COC5)C4)cn4ncc(C#N)c34)cc2)CC1. The van der Waals surface area contributed by atoms with Crippen LogP contribution in [0.3, 0.4) is 0 Å². The van der Waals surface area contributed by atoms with Crippen LogP contribution in [0, 0.1) is 16.7 Å². The minimum absolute atomic E-state index is 0.00837. The zero-order valence-electron chi connectivity index (χ0n) is 19.0. The minimum atomic E-state index is -0.00837. The number of carbonyl (C=O) groups excluding carboxylic acids is 1. The number of pyridine rings is 1. The van der Waals surface area contributed by atoms with E-state index in [-0.39, 0.29) is 5.91 Å². The molecule has 0 atom stereocenters. The second-order valence-electron chi connectivity index (χ2n) is 9.49. The van der Waals surface area contributed by atoms with Crippen molar-refractivity contribution < 1.29 is 9.53 Å². The highest BCUT2D eigenvalue weighted by atomic mass is 16.5. The molecule has 2 aromatic heterocycles. The predicted molar refractivity (Wildman–Crippen MR) is 130 cm³/mol. The molecule has 6 rings (SSSR count). The van der Waals surface area contributed by atoms with Crippen LogP contribution in [-0.4, -0.2) is 72.9 Å². The smallest absolute Gasteiger partial charge is 0.246 e. The molecule has 5 heterocycles. The number of nitriles is 1. The average molecular weight is 455 g/mol. The summed E-state index contributed by atoms with van der Waals surface area (Å²) in [5.41, 5.74) is 6.02. The second-order valence-corrected chi connectivity index (χ2v) is 9.49. The standard InChI is InChI=1S/C26H26N6O2/c1-2-24(33)30-9-7-29(8-10-30)21-5-3-19(4-6-21)23-11-22(31-15-26(16-31)17-34-18-26)14-32-25(23)20(12-27)13-28-32/h2-6,11,13-14H,1,7-10,15-18H2. The van der Waals surface area contributed by atoms with Crippen LogP contribution in [0.4, 0.5) is 11.4 Å². The summed E-state index contributed by atoms with van der Waals surface area (Å²) < 4.78 is 7.25. The molecule has 3 aliphatic rings. The van der Waals surface area contributed by atoms with Crippen molar-refractivity contribution in [1.82, 2.24) is 14.5 Å². The number of piperazine rings is 1. The first-order chi connectivity index (χ1) is 16.6. The Balaban J connectivity index is 1.28. The maximum absolute atomic E-state index is 11.9. The van der Waals surface area contributed by atoms with Crippen LogP contribution in [0.15, 0.2) is 55.4 Å². The van der Waals surface area contributed by atoms with Gasteiger partial charge in [0.05, 0.1) is 47.8 Å². The first-order valence-corrected chi connectivity index (χ1v) is 11.6. The molecule has 0 saturated carbocycles. The molecule has 3 aromatic rings. The fourth-order valence-electron chi connectivity index (χ4n) is 5.27. The maximum atomic E-state index is 11.9. The van der Waals surface area contributed by atoms with Crippen molar-refractivity contribution in [3.63, 3.8) is 0 Å². The van der Waals surface area contributed by atoms with Gasteiger partial charge in [-0.05, 0) is 29.8 Å². The summed E-state index contributed by atoms with van der Waals surface area (Å²) in [7, 11) is 0. The van der Waals surface area contributed by atoms with Crippen LogP contribution < -0.4 is 9.80 Å². The highest BCUT2D eigenvalue weighted by molar-refractivity contribution is 5.88. The van der Waals surface area contributed by atoms with E-state index in [1.807, 2.05) is 15.6 Å². The van der Waals surface area contributed by atoms with Gasteiger partial charge in [-0.15, -0.1) is 0 Å². The molecular weight excluding hydrogens is 428 g/mol. The number of fused-ring (bicyclic) bond motifs is 1. The molecule has 0 radical (unpaired) electrons. The molecule has 3 fully saturated rings. The van der Waals surface area contributed by atoms with Gasteiger partial charge in [-0.25, -0.2) is 4.52 Å². The Bertz CT molecular complexity index is 1300. The van der Waals surface area contributed by atoms with Gasteiger partial charge in [0.1, 0.15) is 6.07 Å². The summed E-state index contributed by atoms with van der Waals surface area (Å²) in [4.78, 5) is 18.3. The van der Waals surface area contributed by atoms with E-state index in [2.05, 4.69) is 57.9 Å². The number of benzene rings is 1. The molecule has 1 spiro atoms. The Labute approximate surface area is 198 Å². The maximum Gasteiger partial charge on any atom is 0.246 e. The highest BCUT2D eigenvalue weighted by Crippen LogP contribution is 2.42. The lowest BCUT2D eigenvalue weighted by atomic mass is 9.78. The highest BCUT2D eigenvalue weighted by Gasteiger charge is 2.49. The largest absolute Gasteiger partial charge is 0.380 e. The van der Waals surface area contributed by atoms with Crippen molar-refractivity contribution in [1.29, 1.82) is 5.26 Å². The van der Waals surface area contributed by atoms with Crippen LogP contribution in [0.25, 0.3) is 16.6 Å².